The standard InChI is InChI=1S/C19H16O2/c20-21-19(16-10-4-1-5-11-16,17-12-6-2-7-13-17)18-14-8-3-9-15-18/h1-15,20H/p-1. The van der Waals surface area contributed by atoms with Gasteiger partial charge in [-0.1, -0.05) is 91.0 Å². The molecule has 104 valence electrons. The van der Waals surface area contributed by atoms with Gasteiger partial charge in [0.25, 0.3) is 0 Å². The van der Waals surface area contributed by atoms with Gasteiger partial charge in [-0.05, 0) is 16.7 Å². The lowest BCUT2D eigenvalue weighted by Crippen LogP contribution is -2.37. The largest absolute Gasteiger partial charge is 0.722 e. The second-order valence-corrected chi connectivity index (χ2v) is 4.86. The molecule has 0 amide bonds. The highest BCUT2D eigenvalue weighted by Gasteiger charge is 2.34. The quantitative estimate of drug-likeness (QED) is 0.416. The van der Waals surface area contributed by atoms with Gasteiger partial charge in [-0.3, -0.25) is 0 Å². The lowest BCUT2D eigenvalue weighted by molar-refractivity contribution is -0.713. The van der Waals surface area contributed by atoms with E-state index in [2.05, 4.69) is 0 Å². The van der Waals surface area contributed by atoms with Crippen molar-refractivity contribution < 1.29 is 10.1 Å². The maximum Gasteiger partial charge on any atom is 0.133 e. The predicted molar refractivity (Wildman–Crippen MR) is 80.3 cm³/mol. The summed E-state index contributed by atoms with van der Waals surface area (Å²) in [5.41, 5.74) is 1.32. The van der Waals surface area contributed by atoms with Gasteiger partial charge in [-0.2, -0.15) is 0 Å². The van der Waals surface area contributed by atoms with Crippen LogP contribution in [0.2, 0.25) is 0 Å². The lowest BCUT2D eigenvalue weighted by atomic mass is 9.80. The second kappa shape index (κ2) is 5.92. The van der Waals surface area contributed by atoms with Crippen LogP contribution in [-0.4, -0.2) is 0 Å². The maximum atomic E-state index is 11.9. The van der Waals surface area contributed by atoms with Gasteiger partial charge < -0.3 is 10.1 Å². The molecule has 0 aromatic heterocycles. The van der Waals surface area contributed by atoms with Crippen LogP contribution in [0.3, 0.4) is 0 Å². The molecule has 0 fully saturated rings. The molecule has 3 rings (SSSR count). The molecule has 0 aliphatic rings. The average molecular weight is 275 g/mol. The molecule has 21 heavy (non-hydrogen) atoms. The minimum Gasteiger partial charge on any atom is -0.722 e. The Hall–Kier alpha value is -2.42. The summed E-state index contributed by atoms with van der Waals surface area (Å²) in [7, 11) is 0. The molecule has 0 heterocycles. The van der Waals surface area contributed by atoms with E-state index in [1.807, 2.05) is 91.0 Å². The first-order valence-electron chi connectivity index (χ1n) is 6.85. The Labute approximate surface area is 124 Å². The van der Waals surface area contributed by atoms with Crippen LogP contribution in [0.4, 0.5) is 0 Å². The Balaban J connectivity index is 2.29. The molecule has 0 spiro atoms. The summed E-state index contributed by atoms with van der Waals surface area (Å²) in [5.74, 6) is 0. The molecule has 2 heteroatoms. The molecule has 3 aromatic carbocycles. The average Bonchev–Trinajstić information content (AvgIpc) is 2.59. The minimum atomic E-state index is -1.14. The number of benzene rings is 3. The van der Waals surface area contributed by atoms with Crippen molar-refractivity contribution in [2.45, 2.75) is 5.60 Å². The van der Waals surface area contributed by atoms with Crippen molar-refractivity contribution in [1.82, 2.24) is 0 Å². The monoisotopic (exact) mass is 275 g/mol. The zero-order chi connectivity index (χ0) is 14.5. The third-order valence-corrected chi connectivity index (χ3v) is 3.67. The molecule has 0 saturated heterocycles. The van der Waals surface area contributed by atoms with Crippen molar-refractivity contribution in [3.05, 3.63) is 108 Å². The molecule has 3 aromatic rings. The Morgan fingerprint density at radius 2 is 0.810 bits per heavy atom. The molecule has 0 saturated carbocycles. The zero-order valence-electron chi connectivity index (χ0n) is 11.5. The van der Waals surface area contributed by atoms with Crippen LogP contribution in [0.1, 0.15) is 16.7 Å². The van der Waals surface area contributed by atoms with Gasteiger partial charge in [0.1, 0.15) is 5.60 Å². The smallest absolute Gasteiger partial charge is 0.133 e. The summed E-state index contributed by atoms with van der Waals surface area (Å²) in [6, 6.07) is 28.7. The second-order valence-electron chi connectivity index (χ2n) is 4.86. The molecule has 0 N–H and O–H groups in total. The summed E-state index contributed by atoms with van der Waals surface area (Å²) in [4.78, 5) is 4.85. The Kier molecular flexibility index (Phi) is 3.82. The van der Waals surface area contributed by atoms with Gasteiger partial charge in [0.2, 0.25) is 0 Å². The van der Waals surface area contributed by atoms with E-state index in [1.54, 1.807) is 0 Å². The number of hydrogen-bond donors (Lipinski definition) is 0. The van der Waals surface area contributed by atoms with E-state index in [0.29, 0.717) is 0 Å². The molecule has 0 aliphatic heterocycles. The first kappa shape index (κ1) is 13.6. The highest BCUT2D eigenvalue weighted by Crippen LogP contribution is 2.38. The molecule has 0 aliphatic carbocycles. The highest BCUT2D eigenvalue weighted by molar-refractivity contribution is 5.47. The Morgan fingerprint density at radius 1 is 0.524 bits per heavy atom. The first-order valence-corrected chi connectivity index (χ1v) is 6.85. The lowest BCUT2D eigenvalue weighted by Gasteiger charge is -2.38. The molecule has 0 radical (unpaired) electrons. The van der Waals surface area contributed by atoms with E-state index < -0.39 is 5.60 Å². The van der Waals surface area contributed by atoms with Crippen LogP contribution in [-0.2, 0) is 10.5 Å². The fraction of sp³-hybridized carbons (Fsp3) is 0.0526. The SMILES string of the molecule is [O-]OC(c1ccccc1)(c1ccccc1)c1ccccc1. The highest BCUT2D eigenvalue weighted by atomic mass is 17.1. The summed E-state index contributed by atoms with van der Waals surface area (Å²) < 4.78 is 0. The fourth-order valence-electron chi connectivity index (χ4n) is 2.66. The van der Waals surface area contributed by atoms with E-state index in [-0.39, 0.29) is 0 Å². The molecule has 0 unspecified atom stereocenters. The van der Waals surface area contributed by atoms with Gasteiger partial charge in [-0.15, -0.1) is 0 Å². The first-order chi connectivity index (χ1) is 10.4. The maximum absolute atomic E-state index is 11.9. The van der Waals surface area contributed by atoms with Crippen LogP contribution >= 0.6 is 0 Å². The number of hydrogen-bond acceptors (Lipinski definition) is 2. The van der Waals surface area contributed by atoms with Crippen LogP contribution in [0, 0.1) is 0 Å². The van der Waals surface area contributed by atoms with Crippen LogP contribution < -0.4 is 5.26 Å². The zero-order valence-corrected chi connectivity index (χ0v) is 11.5. The summed E-state index contributed by atoms with van der Waals surface area (Å²) >= 11 is 0. The third kappa shape index (κ3) is 2.35. The molecule has 0 atom stereocenters. The summed E-state index contributed by atoms with van der Waals surface area (Å²) in [5, 5.41) is 11.9. The fourth-order valence-corrected chi connectivity index (χ4v) is 2.66. The van der Waals surface area contributed by atoms with Gasteiger partial charge >= 0.3 is 0 Å². The summed E-state index contributed by atoms with van der Waals surface area (Å²) in [6.07, 6.45) is 0. The predicted octanol–water partition coefficient (Wildman–Crippen LogP) is 3.27. The van der Waals surface area contributed by atoms with E-state index >= 15 is 0 Å². The van der Waals surface area contributed by atoms with Gasteiger partial charge in [0.15, 0.2) is 0 Å². The van der Waals surface area contributed by atoms with Crippen LogP contribution in [0.25, 0.3) is 0 Å². The van der Waals surface area contributed by atoms with Gasteiger partial charge in [0.05, 0.1) is 0 Å². The Morgan fingerprint density at radius 3 is 1.05 bits per heavy atom. The topological polar surface area (TPSA) is 32.3 Å². The normalized spacial score (nSPS) is 11.3. The van der Waals surface area contributed by atoms with Crippen molar-refractivity contribution in [2.24, 2.45) is 0 Å². The van der Waals surface area contributed by atoms with E-state index in [4.69, 9.17) is 4.89 Å². The van der Waals surface area contributed by atoms with Crippen molar-refractivity contribution in [1.29, 1.82) is 0 Å². The van der Waals surface area contributed by atoms with E-state index in [1.165, 1.54) is 0 Å². The molecular formula is C19H15O2-. The van der Waals surface area contributed by atoms with Crippen molar-refractivity contribution >= 4 is 0 Å². The third-order valence-electron chi connectivity index (χ3n) is 3.67. The Bertz CT molecular complexity index is 582. The minimum absolute atomic E-state index is 0.817. The molecular weight excluding hydrogens is 260 g/mol. The number of rotatable bonds is 4. The molecule has 2 nitrogen and oxygen atoms in total. The summed E-state index contributed by atoms with van der Waals surface area (Å²) in [6.45, 7) is 0. The van der Waals surface area contributed by atoms with E-state index in [0.717, 1.165) is 16.7 Å². The van der Waals surface area contributed by atoms with Crippen LogP contribution in [0.15, 0.2) is 91.0 Å². The van der Waals surface area contributed by atoms with Crippen molar-refractivity contribution in [2.75, 3.05) is 0 Å². The van der Waals surface area contributed by atoms with Crippen molar-refractivity contribution in [3.8, 4) is 0 Å². The van der Waals surface area contributed by atoms with Gasteiger partial charge in [-0.25, -0.2) is 0 Å². The van der Waals surface area contributed by atoms with Gasteiger partial charge in [0, 0.05) is 0 Å². The molecule has 0 bridgehead atoms. The van der Waals surface area contributed by atoms with Crippen LogP contribution in [0.5, 0.6) is 0 Å². The van der Waals surface area contributed by atoms with E-state index in [9.17, 15) is 5.26 Å². The van der Waals surface area contributed by atoms with Crippen molar-refractivity contribution in [3.63, 3.8) is 0 Å².